The van der Waals surface area contributed by atoms with Crippen molar-refractivity contribution < 1.29 is 9.59 Å². The molecule has 1 aliphatic heterocycles. The van der Waals surface area contributed by atoms with E-state index in [-0.39, 0.29) is 11.8 Å². The maximum absolute atomic E-state index is 12.9. The van der Waals surface area contributed by atoms with Gasteiger partial charge in [-0.25, -0.2) is 15.0 Å². The van der Waals surface area contributed by atoms with E-state index in [2.05, 4.69) is 11.9 Å². The van der Waals surface area contributed by atoms with E-state index in [1.807, 2.05) is 66.0 Å². The molecule has 0 atom stereocenters. The Hall–Kier alpha value is -3.19. The lowest BCUT2D eigenvalue weighted by Crippen LogP contribution is -2.41. The van der Waals surface area contributed by atoms with Crippen LogP contribution in [0.3, 0.4) is 0 Å². The fourth-order valence-corrected chi connectivity index (χ4v) is 3.49. The van der Waals surface area contributed by atoms with E-state index in [0.29, 0.717) is 22.9 Å². The summed E-state index contributed by atoms with van der Waals surface area (Å²) in [4.78, 5) is 29.5. The Kier molecular flexibility index (Phi) is 6.97. The second-order valence-electron chi connectivity index (χ2n) is 6.54. The molecular weight excluding hydrogens is 384 g/mol. The average Bonchev–Trinajstić information content (AvgIpc) is 3.33. The summed E-state index contributed by atoms with van der Waals surface area (Å²) in [6.45, 7) is 2.06. The van der Waals surface area contributed by atoms with Gasteiger partial charge in [0, 0.05) is 11.6 Å². The summed E-state index contributed by atoms with van der Waals surface area (Å²) < 4.78 is 0. The van der Waals surface area contributed by atoms with Crippen molar-refractivity contribution in [1.82, 2.24) is 4.98 Å². The van der Waals surface area contributed by atoms with Crippen LogP contribution in [0.1, 0.15) is 26.2 Å². The molecule has 0 spiro atoms. The summed E-state index contributed by atoms with van der Waals surface area (Å²) in [5.41, 5.74) is 6.62. The zero-order valence-corrected chi connectivity index (χ0v) is 17.1. The number of rotatable bonds is 5. The van der Waals surface area contributed by atoms with Crippen molar-refractivity contribution in [3.63, 3.8) is 0 Å². The van der Waals surface area contributed by atoms with Crippen LogP contribution in [0.2, 0.25) is 0 Å². The molecule has 2 N–H and O–H groups in total. The first-order valence-electron chi connectivity index (χ1n) is 9.56. The number of hydrogen-bond donors (Lipinski definition) is 1. The van der Waals surface area contributed by atoms with Gasteiger partial charge in [-0.3, -0.25) is 9.59 Å². The van der Waals surface area contributed by atoms with Crippen LogP contribution in [0.5, 0.6) is 0 Å². The highest BCUT2D eigenvalue weighted by Gasteiger charge is 2.46. The summed E-state index contributed by atoms with van der Waals surface area (Å²) in [5.74, 6) is -0.868. The predicted octanol–water partition coefficient (Wildman–Crippen LogP) is 4.51. The van der Waals surface area contributed by atoms with Gasteiger partial charge in [-0.1, -0.05) is 56.2 Å². The van der Waals surface area contributed by atoms with Crippen LogP contribution in [-0.2, 0) is 9.59 Å². The maximum atomic E-state index is 12.9. The van der Waals surface area contributed by atoms with Crippen LogP contribution in [0.25, 0.3) is 0 Å². The standard InChI is InChI=1S/C19H20N2O2.C3H4N2S/c1-2-3-14-17-18(22)20(15-10-6-4-7-11-15)21(19(17)23)16-12-8-5-9-13-16;4-3-5-1-2-6-3/h4-13,17H,2-3,14H2,1H3;1-2H,(H2,4,5). The minimum Gasteiger partial charge on any atom is -0.375 e. The van der Waals surface area contributed by atoms with Crippen molar-refractivity contribution in [3.8, 4) is 0 Å². The first-order chi connectivity index (χ1) is 14.1. The Bertz CT molecular complexity index is 859. The minimum atomic E-state index is -0.588. The summed E-state index contributed by atoms with van der Waals surface area (Å²) >= 11 is 1.44. The normalized spacial score (nSPS) is 14.1. The fraction of sp³-hybridized carbons (Fsp3) is 0.227. The van der Waals surface area contributed by atoms with E-state index >= 15 is 0 Å². The highest BCUT2D eigenvalue weighted by Crippen LogP contribution is 2.33. The Morgan fingerprint density at radius 2 is 1.45 bits per heavy atom. The van der Waals surface area contributed by atoms with Crippen LogP contribution >= 0.6 is 11.3 Å². The van der Waals surface area contributed by atoms with Gasteiger partial charge in [-0.15, -0.1) is 11.3 Å². The van der Waals surface area contributed by atoms with E-state index < -0.39 is 5.92 Å². The number of carbonyl (C=O) groups excluding carboxylic acids is 2. The molecule has 6 nitrogen and oxygen atoms in total. The largest absolute Gasteiger partial charge is 0.375 e. The van der Waals surface area contributed by atoms with Crippen LogP contribution in [-0.4, -0.2) is 16.8 Å². The third-order valence-corrected chi connectivity index (χ3v) is 5.12. The van der Waals surface area contributed by atoms with E-state index in [0.717, 1.165) is 12.8 Å². The van der Waals surface area contributed by atoms with Crippen molar-refractivity contribution in [1.29, 1.82) is 0 Å². The quantitative estimate of drug-likeness (QED) is 0.630. The molecule has 0 bridgehead atoms. The lowest BCUT2D eigenvalue weighted by molar-refractivity contribution is -0.127. The average molecular weight is 409 g/mol. The van der Waals surface area contributed by atoms with Gasteiger partial charge in [-0.2, -0.15) is 0 Å². The van der Waals surface area contributed by atoms with Gasteiger partial charge in [0.25, 0.3) is 11.8 Å². The van der Waals surface area contributed by atoms with Gasteiger partial charge in [0.2, 0.25) is 0 Å². The molecule has 2 aromatic carbocycles. The Morgan fingerprint density at radius 1 is 0.931 bits per heavy atom. The van der Waals surface area contributed by atoms with Crippen molar-refractivity contribution >= 4 is 39.7 Å². The first-order valence-corrected chi connectivity index (χ1v) is 10.4. The second kappa shape index (κ2) is 9.84. The number of anilines is 3. The number of nitrogens with two attached hydrogens (primary N) is 1. The summed E-state index contributed by atoms with van der Waals surface area (Å²) in [6.07, 6.45) is 4.11. The van der Waals surface area contributed by atoms with Crippen LogP contribution in [0.4, 0.5) is 16.5 Å². The van der Waals surface area contributed by atoms with Gasteiger partial charge < -0.3 is 5.73 Å². The predicted molar refractivity (Wildman–Crippen MR) is 117 cm³/mol. The van der Waals surface area contributed by atoms with E-state index in [9.17, 15) is 9.59 Å². The summed E-state index contributed by atoms with van der Waals surface area (Å²) in [5, 5.41) is 5.50. The molecule has 3 aromatic rings. The van der Waals surface area contributed by atoms with Crippen LogP contribution < -0.4 is 15.8 Å². The number of benzene rings is 2. The number of unbranched alkanes of at least 4 members (excludes halogenated alkanes) is 1. The summed E-state index contributed by atoms with van der Waals surface area (Å²) in [7, 11) is 0. The van der Waals surface area contributed by atoms with Gasteiger partial charge in [-0.05, 0) is 30.7 Å². The smallest absolute Gasteiger partial charge is 0.258 e. The molecule has 29 heavy (non-hydrogen) atoms. The van der Waals surface area contributed by atoms with Crippen LogP contribution in [0.15, 0.2) is 72.2 Å². The van der Waals surface area contributed by atoms with Crippen molar-refractivity contribution in [2.45, 2.75) is 26.2 Å². The zero-order chi connectivity index (χ0) is 20.6. The van der Waals surface area contributed by atoms with Crippen LogP contribution in [0, 0.1) is 5.92 Å². The van der Waals surface area contributed by atoms with E-state index in [1.165, 1.54) is 21.4 Å². The number of amides is 2. The highest BCUT2D eigenvalue weighted by atomic mass is 32.1. The minimum absolute atomic E-state index is 0.140. The Labute approximate surface area is 174 Å². The molecule has 1 fully saturated rings. The molecule has 1 aromatic heterocycles. The molecule has 2 amide bonds. The molecule has 0 unspecified atom stereocenters. The lowest BCUT2D eigenvalue weighted by atomic mass is 10.0. The van der Waals surface area contributed by atoms with Crippen molar-refractivity contribution in [3.05, 3.63) is 72.2 Å². The Morgan fingerprint density at radius 3 is 1.79 bits per heavy atom. The van der Waals surface area contributed by atoms with Crippen molar-refractivity contribution in [2.24, 2.45) is 5.92 Å². The number of nitrogen functional groups attached to an aromatic ring is 1. The fourth-order valence-electron chi connectivity index (χ4n) is 3.11. The first kappa shape index (κ1) is 20.5. The molecule has 7 heteroatoms. The molecule has 0 saturated carbocycles. The molecule has 2 heterocycles. The zero-order valence-electron chi connectivity index (χ0n) is 16.3. The van der Waals surface area contributed by atoms with Crippen molar-refractivity contribution in [2.75, 3.05) is 15.8 Å². The molecule has 0 aliphatic carbocycles. The monoisotopic (exact) mass is 408 g/mol. The number of hydrogen-bond acceptors (Lipinski definition) is 5. The number of para-hydroxylation sites is 2. The Balaban J connectivity index is 0.000000343. The third-order valence-electron chi connectivity index (χ3n) is 4.51. The van der Waals surface area contributed by atoms with E-state index in [1.54, 1.807) is 6.20 Å². The molecule has 150 valence electrons. The van der Waals surface area contributed by atoms with Gasteiger partial charge in [0.05, 0.1) is 11.4 Å². The van der Waals surface area contributed by atoms with Gasteiger partial charge >= 0.3 is 0 Å². The number of thiazole rings is 1. The number of aromatic nitrogens is 1. The molecule has 1 saturated heterocycles. The third kappa shape index (κ3) is 4.81. The lowest BCUT2D eigenvalue weighted by Gasteiger charge is -2.27. The molecule has 0 radical (unpaired) electrons. The SMILES string of the molecule is CCCCC1C(=O)N(c2ccccc2)N(c2ccccc2)C1=O.Nc1nccs1. The van der Waals surface area contributed by atoms with E-state index in [4.69, 9.17) is 5.73 Å². The molecule has 4 rings (SSSR count). The number of carbonyl (C=O) groups is 2. The van der Waals surface area contributed by atoms with Gasteiger partial charge in [0.1, 0.15) is 5.92 Å². The summed E-state index contributed by atoms with van der Waals surface area (Å²) in [6, 6.07) is 18.7. The van der Waals surface area contributed by atoms with Gasteiger partial charge in [0.15, 0.2) is 5.13 Å². The second-order valence-corrected chi connectivity index (χ2v) is 7.46. The topological polar surface area (TPSA) is 79.5 Å². The number of nitrogens with zero attached hydrogens (tertiary/aromatic N) is 3. The molecular formula is C22H24N4O2S. The highest BCUT2D eigenvalue weighted by molar-refractivity contribution is 7.13. The molecule has 1 aliphatic rings. The number of hydrazine groups is 1. The maximum Gasteiger partial charge on any atom is 0.258 e.